The van der Waals surface area contributed by atoms with E-state index >= 15 is 0 Å². The lowest BCUT2D eigenvalue weighted by molar-refractivity contribution is 0.402. The molecule has 1 N–H and O–H groups in total. The van der Waals surface area contributed by atoms with E-state index in [9.17, 15) is 12.8 Å². The molecule has 0 saturated carbocycles. The highest BCUT2D eigenvalue weighted by Gasteiger charge is 2.22. The molecular formula is C15H15ClFNO3S. The summed E-state index contributed by atoms with van der Waals surface area (Å²) in [6.07, 6.45) is 0. The summed E-state index contributed by atoms with van der Waals surface area (Å²) in [4.78, 5) is -0.103. The van der Waals surface area contributed by atoms with Gasteiger partial charge in [-0.3, -0.25) is 4.72 Å². The fraction of sp³-hybridized carbons (Fsp3) is 0.200. The number of anilines is 1. The Bertz CT molecular complexity index is 822. The zero-order valence-electron chi connectivity index (χ0n) is 12.3. The first kappa shape index (κ1) is 16.6. The van der Waals surface area contributed by atoms with E-state index in [1.165, 1.54) is 44.4 Å². The Morgan fingerprint density at radius 2 is 1.91 bits per heavy atom. The highest BCUT2D eigenvalue weighted by Crippen LogP contribution is 2.32. The van der Waals surface area contributed by atoms with E-state index in [1.807, 2.05) is 0 Å². The predicted octanol–water partition coefficient (Wildman–Crippen LogP) is 3.91. The summed E-state index contributed by atoms with van der Waals surface area (Å²) >= 11 is 6.00. The summed E-state index contributed by atoms with van der Waals surface area (Å²) in [6, 6.07) is 7.02. The summed E-state index contributed by atoms with van der Waals surface area (Å²) in [5.74, 6) is -0.322. The van der Waals surface area contributed by atoms with E-state index in [-0.39, 0.29) is 21.9 Å². The van der Waals surface area contributed by atoms with Gasteiger partial charge < -0.3 is 4.74 Å². The number of aryl methyl sites for hydroxylation is 1. The van der Waals surface area contributed by atoms with Crippen LogP contribution in [0.3, 0.4) is 0 Å². The molecule has 118 valence electrons. The van der Waals surface area contributed by atoms with Gasteiger partial charge >= 0.3 is 0 Å². The minimum absolute atomic E-state index is 0.103. The van der Waals surface area contributed by atoms with Gasteiger partial charge in [0.1, 0.15) is 16.5 Å². The monoisotopic (exact) mass is 343 g/mol. The van der Waals surface area contributed by atoms with Crippen LogP contribution < -0.4 is 9.46 Å². The number of halogens is 2. The normalized spacial score (nSPS) is 11.3. The van der Waals surface area contributed by atoms with Gasteiger partial charge in [0.25, 0.3) is 10.0 Å². The Balaban J connectivity index is 2.52. The Morgan fingerprint density at radius 1 is 1.23 bits per heavy atom. The second kappa shape index (κ2) is 6.14. The van der Waals surface area contributed by atoms with Crippen molar-refractivity contribution in [3.8, 4) is 5.75 Å². The van der Waals surface area contributed by atoms with Crippen molar-refractivity contribution in [3.63, 3.8) is 0 Å². The summed E-state index contributed by atoms with van der Waals surface area (Å²) in [5.41, 5.74) is 1.07. The Labute approximate surface area is 133 Å². The molecule has 0 aliphatic carbocycles. The topological polar surface area (TPSA) is 55.4 Å². The number of benzene rings is 2. The maximum absolute atomic E-state index is 13.5. The van der Waals surface area contributed by atoms with E-state index in [4.69, 9.17) is 16.3 Å². The minimum atomic E-state index is -3.96. The number of hydrogen-bond donors (Lipinski definition) is 1. The number of methoxy groups -OCH3 is 1. The summed E-state index contributed by atoms with van der Waals surface area (Å²) < 4.78 is 46.1. The molecule has 0 spiro atoms. The maximum Gasteiger partial charge on any atom is 0.265 e. The maximum atomic E-state index is 13.5. The van der Waals surface area contributed by atoms with Gasteiger partial charge in [-0.25, -0.2) is 12.8 Å². The lowest BCUT2D eigenvalue weighted by Crippen LogP contribution is -2.15. The molecule has 0 aromatic heterocycles. The number of rotatable bonds is 4. The molecule has 2 aromatic carbocycles. The highest BCUT2D eigenvalue weighted by atomic mass is 35.5. The molecule has 0 unspecified atom stereocenters. The molecule has 0 saturated heterocycles. The molecule has 0 atom stereocenters. The van der Waals surface area contributed by atoms with Crippen LogP contribution in [0.5, 0.6) is 5.75 Å². The van der Waals surface area contributed by atoms with Crippen LogP contribution >= 0.6 is 11.6 Å². The largest absolute Gasteiger partial charge is 0.495 e. The average Bonchev–Trinajstić information content (AvgIpc) is 2.46. The second-order valence-electron chi connectivity index (χ2n) is 4.77. The molecule has 2 aromatic rings. The standard InChI is InChI=1S/C15H15ClFNO3S/c1-9-7-14(21-3)15(8-11(9)16)22(19,20)18-13-6-4-5-12(17)10(13)2/h4-8,18H,1-3H3. The van der Waals surface area contributed by atoms with Gasteiger partial charge in [-0.15, -0.1) is 0 Å². The van der Waals surface area contributed by atoms with Gasteiger partial charge in [0.2, 0.25) is 0 Å². The van der Waals surface area contributed by atoms with Crippen LogP contribution in [-0.4, -0.2) is 15.5 Å². The second-order valence-corrected chi connectivity index (χ2v) is 6.83. The van der Waals surface area contributed by atoms with Gasteiger partial charge in [-0.1, -0.05) is 17.7 Å². The average molecular weight is 344 g/mol. The van der Waals surface area contributed by atoms with Crippen LogP contribution in [0.1, 0.15) is 11.1 Å². The molecule has 0 fully saturated rings. The molecule has 0 heterocycles. The van der Waals surface area contributed by atoms with E-state index in [2.05, 4.69) is 4.72 Å². The number of nitrogens with one attached hydrogen (secondary N) is 1. The first-order valence-electron chi connectivity index (χ1n) is 6.38. The van der Waals surface area contributed by atoms with Crippen molar-refractivity contribution in [2.24, 2.45) is 0 Å². The van der Waals surface area contributed by atoms with Crippen molar-refractivity contribution < 1.29 is 17.5 Å². The molecule has 0 bridgehead atoms. The van der Waals surface area contributed by atoms with Crippen molar-refractivity contribution in [2.75, 3.05) is 11.8 Å². The summed E-state index contributed by atoms with van der Waals surface area (Å²) in [5, 5.41) is 0.303. The van der Waals surface area contributed by atoms with Gasteiger partial charge in [0.05, 0.1) is 12.8 Å². The molecule has 22 heavy (non-hydrogen) atoms. The molecular weight excluding hydrogens is 329 g/mol. The van der Waals surface area contributed by atoms with Crippen LogP contribution in [0.2, 0.25) is 5.02 Å². The van der Waals surface area contributed by atoms with Crippen molar-refractivity contribution in [2.45, 2.75) is 18.7 Å². The molecule has 0 aliphatic rings. The third-order valence-electron chi connectivity index (χ3n) is 3.25. The predicted molar refractivity (Wildman–Crippen MR) is 84.7 cm³/mol. The van der Waals surface area contributed by atoms with Gasteiger partial charge in [-0.05, 0) is 43.7 Å². The molecule has 0 radical (unpaired) electrons. The number of sulfonamides is 1. The first-order chi connectivity index (χ1) is 10.3. The highest BCUT2D eigenvalue weighted by molar-refractivity contribution is 7.92. The van der Waals surface area contributed by atoms with E-state index in [0.717, 1.165) is 0 Å². The molecule has 7 heteroatoms. The quantitative estimate of drug-likeness (QED) is 0.915. The number of hydrogen-bond acceptors (Lipinski definition) is 3. The Hall–Kier alpha value is -1.79. The van der Waals surface area contributed by atoms with Crippen molar-refractivity contribution in [3.05, 3.63) is 52.3 Å². The van der Waals surface area contributed by atoms with Crippen LogP contribution in [0.25, 0.3) is 0 Å². The lowest BCUT2D eigenvalue weighted by Gasteiger charge is -2.14. The summed E-state index contributed by atoms with van der Waals surface area (Å²) in [7, 11) is -2.59. The fourth-order valence-corrected chi connectivity index (χ4v) is 3.45. The lowest BCUT2D eigenvalue weighted by atomic mass is 10.2. The number of ether oxygens (including phenoxy) is 1. The first-order valence-corrected chi connectivity index (χ1v) is 8.24. The molecule has 4 nitrogen and oxygen atoms in total. The SMILES string of the molecule is COc1cc(C)c(Cl)cc1S(=O)(=O)Nc1cccc(F)c1C. The van der Waals surface area contributed by atoms with E-state index in [1.54, 1.807) is 6.92 Å². The van der Waals surface area contributed by atoms with Crippen molar-refractivity contribution in [1.29, 1.82) is 0 Å². The molecule has 0 amide bonds. The van der Waals surface area contributed by atoms with Crippen LogP contribution in [0, 0.1) is 19.7 Å². The zero-order chi connectivity index (χ0) is 16.5. The van der Waals surface area contributed by atoms with Gasteiger partial charge in [0.15, 0.2) is 0 Å². The molecule has 0 aliphatic heterocycles. The van der Waals surface area contributed by atoms with Crippen molar-refractivity contribution >= 4 is 27.3 Å². The smallest absolute Gasteiger partial charge is 0.265 e. The Kier molecular flexibility index (Phi) is 4.63. The van der Waals surface area contributed by atoms with Gasteiger partial charge in [-0.2, -0.15) is 0 Å². The third kappa shape index (κ3) is 3.18. The van der Waals surface area contributed by atoms with Crippen LogP contribution in [0.4, 0.5) is 10.1 Å². The molecule has 2 rings (SSSR count). The van der Waals surface area contributed by atoms with E-state index in [0.29, 0.717) is 10.6 Å². The third-order valence-corrected chi connectivity index (χ3v) is 5.04. The Morgan fingerprint density at radius 3 is 2.55 bits per heavy atom. The van der Waals surface area contributed by atoms with Crippen LogP contribution in [0.15, 0.2) is 35.2 Å². The fourth-order valence-electron chi connectivity index (χ4n) is 1.92. The minimum Gasteiger partial charge on any atom is -0.495 e. The van der Waals surface area contributed by atoms with Gasteiger partial charge in [0, 0.05) is 10.6 Å². The zero-order valence-corrected chi connectivity index (χ0v) is 13.8. The van der Waals surface area contributed by atoms with Crippen molar-refractivity contribution in [1.82, 2.24) is 0 Å². The van der Waals surface area contributed by atoms with Crippen LogP contribution in [-0.2, 0) is 10.0 Å². The van der Waals surface area contributed by atoms with E-state index < -0.39 is 15.8 Å². The summed E-state index contributed by atoms with van der Waals surface area (Å²) in [6.45, 7) is 3.23.